The van der Waals surface area contributed by atoms with E-state index in [1.54, 1.807) is 7.11 Å². The molecule has 4 nitrogen and oxygen atoms in total. The summed E-state index contributed by atoms with van der Waals surface area (Å²) in [5.41, 5.74) is 11.4. The van der Waals surface area contributed by atoms with Crippen LogP contribution in [0.2, 0.25) is 0 Å². The second-order valence-corrected chi connectivity index (χ2v) is 4.82. The summed E-state index contributed by atoms with van der Waals surface area (Å²) in [6, 6.07) is 6.21. The van der Waals surface area contributed by atoms with Gasteiger partial charge >= 0.3 is 0 Å². The lowest BCUT2D eigenvalue weighted by Gasteiger charge is -2.09. The highest BCUT2D eigenvalue weighted by atomic mass is 16.5. The number of rotatable bonds is 4. The first-order valence-corrected chi connectivity index (χ1v) is 6.43. The molecule has 1 heterocycles. The van der Waals surface area contributed by atoms with Crippen LogP contribution in [0.3, 0.4) is 0 Å². The molecule has 0 amide bonds. The molecule has 0 bridgehead atoms. The third-order valence-corrected chi connectivity index (χ3v) is 3.53. The fourth-order valence-corrected chi connectivity index (χ4v) is 2.40. The summed E-state index contributed by atoms with van der Waals surface area (Å²) in [7, 11) is 1.69. The Bertz CT molecular complexity index is 587. The highest BCUT2D eigenvalue weighted by Gasteiger charge is 2.10. The van der Waals surface area contributed by atoms with Crippen molar-refractivity contribution in [1.29, 1.82) is 0 Å². The Morgan fingerprint density at radius 2 is 2.00 bits per heavy atom. The van der Waals surface area contributed by atoms with Crippen molar-refractivity contribution >= 4 is 0 Å². The summed E-state index contributed by atoms with van der Waals surface area (Å²) in [5.74, 6) is 0.916. The predicted octanol–water partition coefficient (Wildman–Crippen LogP) is 2.32. The zero-order chi connectivity index (χ0) is 14.0. The smallest absolute Gasteiger partial charge is 0.121 e. The Labute approximate surface area is 114 Å². The molecule has 4 heteroatoms. The minimum atomic E-state index is 0.541. The first-order chi connectivity index (χ1) is 9.06. The SMILES string of the molecule is COc1ccc(Cn2nc(C)c(CN)c2C)cc1C. The molecular formula is C15H21N3O. The molecule has 0 aliphatic rings. The van der Waals surface area contributed by atoms with Crippen LogP contribution in [0.5, 0.6) is 5.75 Å². The molecule has 0 saturated carbocycles. The van der Waals surface area contributed by atoms with Crippen LogP contribution in [0.4, 0.5) is 0 Å². The molecule has 0 saturated heterocycles. The van der Waals surface area contributed by atoms with Gasteiger partial charge in [-0.05, 0) is 38.0 Å². The van der Waals surface area contributed by atoms with Crippen LogP contribution in [-0.2, 0) is 13.1 Å². The molecule has 19 heavy (non-hydrogen) atoms. The summed E-state index contributed by atoms with van der Waals surface area (Å²) < 4.78 is 7.29. The number of hydrogen-bond donors (Lipinski definition) is 1. The summed E-state index contributed by atoms with van der Waals surface area (Å²) in [4.78, 5) is 0. The van der Waals surface area contributed by atoms with Crippen LogP contribution in [0.1, 0.15) is 28.1 Å². The van der Waals surface area contributed by atoms with Gasteiger partial charge in [-0.2, -0.15) is 5.10 Å². The van der Waals surface area contributed by atoms with E-state index in [1.807, 2.05) is 17.7 Å². The monoisotopic (exact) mass is 259 g/mol. The molecule has 0 spiro atoms. The topological polar surface area (TPSA) is 53.1 Å². The number of benzene rings is 1. The van der Waals surface area contributed by atoms with E-state index in [-0.39, 0.29) is 0 Å². The molecule has 1 aromatic carbocycles. The average Bonchev–Trinajstić information content (AvgIpc) is 2.64. The molecule has 0 fully saturated rings. The number of nitrogens with zero attached hydrogens (tertiary/aromatic N) is 2. The van der Waals surface area contributed by atoms with Crippen LogP contribution in [0, 0.1) is 20.8 Å². The van der Waals surface area contributed by atoms with E-state index in [4.69, 9.17) is 10.5 Å². The van der Waals surface area contributed by atoms with E-state index < -0.39 is 0 Å². The number of methoxy groups -OCH3 is 1. The number of aromatic nitrogens is 2. The zero-order valence-electron chi connectivity index (χ0n) is 12.0. The number of nitrogens with two attached hydrogens (primary N) is 1. The van der Waals surface area contributed by atoms with Crippen molar-refractivity contribution in [3.05, 3.63) is 46.3 Å². The Kier molecular flexibility index (Phi) is 3.90. The van der Waals surface area contributed by atoms with E-state index in [1.165, 1.54) is 5.56 Å². The molecule has 102 valence electrons. The second kappa shape index (κ2) is 5.45. The van der Waals surface area contributed by atoms with E-state index in [2.05, 4.69) is 31.1 Å². The lowest BCUT2D eigenvalue weighted by Crippen LogP contribution is -2.05. The molecule has 0 aliphatic carbocycles. The van der Waals surface area contributed by atoms with Crippen molar-refractivity contribution in [2.75, 3.05) is 7.11 Å². The van der Waals surface area contributed by atoms with Gasteiger partial charge in [0, 0.05) is 17.8 Å². The van der Waals surface area contributed by atoms with Crippen molar-refractivity contribution in [2.24, 2.45) is 5.73 Å². The van der Waals surface area contributed by atoms with Gasteiger partial charge in [0.15, 0.2) is 0 Å². The quantitative estimate of drug-likeness (QED) is 0.916. The number of hydrogen-bond acceptors (Lipinski definition) is 3. The van der Waals surface area contributed by atoms with Gasteiger partial charge in [0.1, 0.15) is 5.75 Å². The van der Waals surface area contributed by atoms with Gasteiger partial charge in [0.05, 0.1) is 19.3 Å². The lowest BCUT2D eigenvalue weighted by atomic mass is 10.1. The van der Waals surface area contributed by atoms with Crippen LogP contribution >= 0.6 is 0 Å². The lowest BCUT2D eigenvalue weighted by molar-refractivity contribution is 0.411. The second-order valence-electron chi connectivity index (χ2n) is 4.82. The Morgan fingerprint density at radius 3 is 2.53 bits per heavy atom. The highest BCUT2D eigenvalue weighted by molar-refractivity contribution is 5.36. The molecule has 0 unspecified atom stereocenters. The van der Waals surface area contributed by atoms with E-state index in [0.717, 1.165) is 34.8 Å². The van der Waals surface area contributed by atoms with E-state index in [0.29, 0.717) is 6.54 Å². The van der Waals surface area contributed by atoms with Crippen LogP contribution < -0.4 is 10.5 Å². The third-order valence-electron chi connectivity index (χ3n) is 3.53. The molecule has 2 rings (SSSR count). The number of aryl methyl sites for hydroxylation is 2. The third kappa shape index (κ3) is 2.63. The van der Waals surface area contributed by atoms with Gasteiger partial charge in [-0.3, -0.25) is 4.68 Å². The normalized spacial score (nSPS) is 10.8. The van der Waals surface area contributed by atoms with Crippen LogP contribution in [-0.4, -0.2) is 16.9 Å². The molecule has 0 aliphatic heterocycles. The largest absolute Gasteiger partial charge is 0.496 e. The minimum Gasteiger partial charge on any atom is -0.496 e. The fraction of sp³-hybridized carbons (Fsp3) is 0.400. The Balaban J connectivity index is 2.29. The number of ether oxygens (including phenoxy) is 1. The van der Waals surface area contributed by atoms with Crippen molar-refractivity contribution < 1.29 is 4.74 Å². The van der Waals surface area contributed by atoms with Crippen molar-refractivity contribution in [3.8, 4) is 5.75 Å². The van der Waals surface area contributed by atoms with Gasteiger partial charge in [-0.1, -0.05) is 12.1 Å². The van der Waals surface area contributed by atoms with Crippen molar-refractivity contribution in [1.82, 2.24) is 9.78 Å². The van der Waals surface area contributed by atoms with Crippen molar-refractivity contribution in [2.45, 2.75) is 33.9 Å². The first-order valence-electron chi connectivity index (χ1n) is 6.43. The Hall–Kier alpha value is -1.81. The molecule has 0 atom stereocenters. The molecule has 0 radical (unpaired) electrons. The van der Waals surface area contributed by atoms with Gasteiger partial charge in [0.25, 0.3) is 0 Å². The summed E-state index contributed by atoms with van der Waals surface area (Å²) in [6.45, 7) is 7.43. The first kappa shape index (κ1) is 13.6. The van der Waals surface area contributed by atoms with Gasteiger partial charge in [-0.15, -0.1) is 0 Å². The van der Waals surface area contributed by atoms with Crippen molar-refractivity contribution in [3.63, 3.8) is 0 Å². The maximum atomic E-state index is 5.75. The minimum absolute atomic E-state index is 0.541. The molecule has 1 aromatic heterocycles. The van der Waals surface area contributed by atoms with Crippen LogP contribution in [0.15, 0.2) is 18.2 Å². The van der Waals surface area contributed by atoms with Gasteiger partial charge in [0.2, 0.25) is 0 Å². The molecule has 2 aromatic rings. The molecular weight excluding hydrogens is 238 g/mol. The standard InChI is InChI=1S/C15H21N3O/c1-10-7-13(5-6-15(10)19-4)9-18-12(3)14(8-16)11(2)17-18/h5-7H,8-9,16H2,1-4H3. The molecule has 2 N–H and O–H groups in total. The van der Waals surface area contributed by atoms with Gasteiger partial charge < -0.3 is 10.5 Å². The average molecular weight is 259 g/mol. The predicted molar refractivity (Wildman–Crippen MR) is 76.4 cm³/mol. The Morgan fingerprint density at radius 1 is 1.26 bits per heavy atom. The van der Waals surface area contributed by atoms with Gasteiger partial charge in [-0.25, -0.2) is 0 Å². The summed E-state index contributed by atoms with van der Waals surface area (Å²) in [5, 5.41) is 4.55. The van der Waals surface area contributed by atoms with Crippen LogP contribution in [0.25, 0.3) is 0 Å². The fourth-order valence-electron chi connectivity index (χ4n) is 2.40. The zero-order valence-corrected chi connectivity index (χ0v) is 12.0. The maximum absolute atomic E-state index is 5.75. The van der Waals surface area contributed by atoms with E-state index in [9.17, 15) is 0 Å². The maximum Gasteiger partial charge on any atom is 0.121 e. The summed E-state index contributed by atoms with van der Waals surface area (Å²) in [6.07, 6.45) is 0. The summed E-state index contributed by atoms with van der Waals surface area (Å²) >= 11 is 0. The highest BCUT2D eigenvalue weighted by Crippen LogP contribution is 2.20. The van der Waals surface area contributed by atoms with E-state index >= 15 is 0 Å².